The summed E-state index contributed by atoms with van der Waals surface area (Å²) in [6, 6.07) is 6.16. The second-order valence-corrected chi connectivity index (χ2v) is 6.44. The number of halogens is 1. The number of hydrogen-bond acceptors (Lipinski definition) is 2. The minimum atomic E-state index is 0.122. The summed E-state index contributed by atoms with van der Waals surface area (Å²) in [5, 5.41) is 0.706. The lowest BCUT2D eigenvalue weighted by Crippen LogP contribution is -2.44. The predicted molar refractivity (Wildman–Crippen MR) is 87.7 cm³/mol. The maximum atomic E-state index is 12.8. The molecule has 1 aromatic carbocycles. The van der Waals surface area contributed by atoms with Gasteiger partial charge >= 0.3 is 0 Å². The van der Waals surface area contributed by atoms with Crippen molar-refractivity contribution in [1.29, 1.82) is 0 Å². The van der Waals surface area contributed by atoms with Crippen LogP contribution in [0.2, 0.25) is 5.02 Å². The van der Waals surface area contributed by atoms with Crippen molar-refractivity contribution < 1.29 is 4.79 Å². The highest BCUT2D eigenvalue weighted by molar-refractivity contribution is 6.31. The van der Waals surface area contributed by atoms with Crippen molar-refractivity contribution in [1.82, 2.24) is 4.90 Å². The van der Waals surface area contributed by atoms with Crippen molar-refractivity contribution >= 4 is 17.5 Å². The zero-order valence-corrected chi connectivity index (χ0v) is 13.7. The molecule has 0 aliphatic heterocycles. The van der Waals surface area contributed by atoms with Crippen LogP contribution in [0.1, 0.15) is 54.9 Å². The van der Waals surface area contributed by atoms with Gasteiger partial charge in [-0.15, -0.1) is 0 Å². The first-order chi connectivity index (χ1) is 10.0. The Bertz CT molecular complexity index is 496. The topological polar surface area (TPSA) is 46.3 Å². The van der Waals surface area contributed by atoms with E-state index in [4.69, 9.17) is 17.3 Å². The lowest BCUT2D eigenvalue weighted by molar-refractivity contribution is 0.0626. The summed E-state index contributed by atoms with van der Waals surface area (Å²) in [5.41, 5.74) is 7.66. The average molecular weight is 309 g/mol. The summed E-state index contributed by atoms with van der Waals surface area (Å²) < 4.78 is 0. The number of carbonyl (C=O) groups excluding carboxylic acids is 1. The van der Waals surface area contributed by atoms with Crippen molar-refractivity contribution in [2.45, 2.75) is 58.0 Å². The molecular weight excluding hydrogens is 284 g/mol. The fraction of sp³-hybridized carbons (Fsp3) is 0.588. The van der Waals surface area contributed by atoms with Crippen LogP contribution in [0.3, 0.4) is 0 Å². The summed E-state index contributed by atoms with van der Waals surface area (Å²) in [5.74, 6) is 0.122. The van der Waals surface area contributed by atoms with Gasteiger partial charge in [0.25, 0.3) is 5.91 Å². The van der Waals surface area contributed by atoms with Gasteiger partial charge in [-0.05, 0) is 62.8 Å². The molecule has 1 amide bonds. The van der Waals surface area contributed by atoms with Crippen molar-refractivity contribution in [3.63, 3.8) is 0 Å². The van der Waals surface area contributed by atoms with Crippen molar-refractivity contribution in [3.05, 3.63) is 34.3 Å². The first-order valence-corrected chi connectivity index (χ1v) is 8.23. The van der Waals surface area contributed by atoms with Crippen LogP contribution in [0.4, 0.5) is 0 Å². The summed E-state index contributed by atoms with van der Waals surface area (Å²) in [4.78, 5) is 14.9. The van der Waals surface area contributed by atoms with Crippen molar-refractivity contribution in [3.8, 4) is 0 Å². The van der Waals surface area contributed by atoms with Gasteiger partial charge in [0.15, 0.2) is 0 Å². The molecule has 21 heavy (non-hydrogen) atoms. The summed E-state index contributed by atoms with van der Waals surface area (Å²) in [6.07, 6.45) is 5.02. The third-order valence-corrected chi connectivity index (χ3v) is 4.74. The molecule has 1 aliphatic carbocycles. The highest BCUT2D eigenvalue weighted by atomic mass is 35.5. The van der Waals surface area contributed by atoms with E-state index < -0.39 is 0 Å². The molecule has 0 aromatic heterocycles. The van der Waals surface area contributed by atoms with E-state index in [1.165, 1.54) is 0 Å². The number of carbonyl (C=O) groups is 1. The number of rotatable bonds is 4. The molecule has 0 saturated heterocycles. The Balaban J connectivity index is 2.16. The number of nitrogens with two attached hydrogens (primary N) is 1. The van der Waals surface area contributed by atoms with Gasteiger partial charge in [-0.2, -0.15) is 0 Å². The summed E-state index contributed by atoms with van der Waals surface area (Å²) in [7, 11) is 0. The third kappa shape index (κ3) is 3.98. The Morgan fingerprint density at radius 3 is 2.57 bits per heavy atom. The molecule has 3 nitrogen and oxygen atoms in total. The quantitative estimate of drug-likeness (QED) is 0.920. The number of hydrogen-bond donors (Lipinski definition) is 1. The molecule has 0 heterocycles. The van der Waals surface area contributed by atoms with Crippen LogP contribution in [-0.2, 0) is 0 Å². The second-order valence-electron chi connectivity index (χ2n) is 6.03. The number of amides is 1. The fourth-order valence-electron chi connectivity index (χ4n) is 3.05. The zero-order valence-electron chi connectivity index (χ0n) is 12.9. The maximum Gasteiger partial charge on any atom is 0.254 e. The molecule has 1 saturated carbocycles. The maximum absolute atomic E-state index is 12.8. The summed E-state index contributed by atoms with van der Waals surface area (Å²) in [6.45, 7) is 4.85. The van der Waals surface area contributed by atoms with Crippen LogP contribution in [0.15, 0.2) is 18.2 Å². The largest absolute Gasteiger partial charge is 0.336 e. The van der Waals surface area contributed by atoms with Gasteiger partial charge in [-0.3, -0.25) is 4.79 Å². The lowest BCUT2D eigenvalue weighted by Gasteiger charge is -2.36. The highest BCUT2D eigenvalue weighted by Gasteiger charge is 2.27. The second kappa shape index (κ2) is 7.28. The minimum absolute atomic E-state index is 0.122. The molecule has 0 atom stereocenters. The molecule has 4 heteroatoms. The van der Waals surface area contributed by atoms with Gasteiger partial charge in [0.1, 0.15) is 0 Å². The first kappa shape index (κ1) is 16.3. The van der Waals surface area contributed by atoms with E-state index in [9.17, 15) is 4.79 Å². The monoisotopic (exact) mass is 308 g/mol. The molecule has 2 rings (SSSR count). The Kier molecular flexibility index (Phi) is 5.65. The standard InChI is InChI=1S/C17H25ClN2O/c1-3-10-20(15-7-5-14(19)6-8-15)17(21)13-4-9-16(18)12(2)11-13/h4,9,11,14-15H,3,5-8,10,19H2,1-2H3. The van der Waals surface area contributed by atoms with E-state index in [0.717, 1.165) is 49.8 Å². The molecule has 1 aliphatic rings. The van der Waals surface area contributed by atoms with Gasteiger partial charge in [-0.1, -0.05) is 18.5 Å². The molecule has 2 N–H and O–H groups in total. The summed E-state index contributed by atoms with van der Waals surface area (Å²) >= 11 is 6.05. The molecule has 1 aromatic rings. The molecule has 116 valence electrons. The van der Waals surface area contributed by atoms with E-state index in [2.05, 4.69) is 6.92 Å². The highest BCUT2D eigenvalue weighted by Crippen LogP contribution is 2.25. The van der Waals surface area contributed by atoms with Crippen LogP contribution < -0.4 is 5.73 Å². The Hall–Kier alpha value is -1.06. The number of nitrogens with zero attached hydrogens (tertiary/aromatic N) is 1. The molecule has 0 unspecified atom stereocenters. The molecule has 0 spiro atoms. The SMILES string of the molecule is CCCN(C(=O)c1ccc(Cl)c(C)c1)C1CCC(N)CC1. The van der Waals surface area contributed by atoms with Crippen LogP contribution in [0, 0.1) is 6.92 Å². The van der Waals surface area contributed by atoms with Gasteiger partial charge in [0, 0.05) is 29.2 Å². The first-order valence-electron chi connectivity index (χ1n) is 7.85. The Labute approximate surface area is 132 Å². The Morgan fingerprint density at radius 2 is 2.00 bits per heavy atom. The van der Waals surface area contributed by atoms with E-state index >= 15 is 0 Å². The minimum Gasteiger partial charge on any atom is -0.336 e. The molecule has 0 radical (unpaired) electrons. The van der Waals surface area contributed by atoms with Crippen LogP contribution in [0.5, 0.6) is 0 Å². The van der Waals surface area contributed by atoms with E-state index in [1.807, 2.05) is 30.0 Å². The number of benzene rings is 1. The van der Waals surface area contributed by atoms with Crippen LogP contribution in [-0.4, -0.2) is 29.4 Å². The van der Waals surface area contributed by atoms with Crippen LogP contribution >= 0.6 is 11.6 Å². The van der Waals surface area contributed by atoms with Crippen LogP contribution in [0.25, 0.3) is 0 Å². The normalized spacial score (nSPS) is 22.1. The molecular formula is C17H25ClN2O. The van der Waals surface area contributed by atoms with Gasteiger partial charge in [0.05, 0.1) is 0 Å². The molecule has 1 fully saturated rings. The smallest absolute Gasteiger partial charge is 0.254 e. The van der Waals surface area contributed by atoms with Gasteiger partial charge in [0.2, 0.25) is 0 Å². The predicted octanol–water partition coefficient (Wildman–Crippen LogP) is 3.77. The average Bonchev–Trinajstić information content (AvgIpc) is 2.48. The fourth-order valence-corrected chi connectivity index (χ4v) is 3.17. The third-order valence-electron chi connectivity index (χ3n) is 4.31. The van der Waals surface area contributed by atoms with E-state index in [-0.39, 0.29) is 5.91 Å². The molecule has 0 bridgehead atoms. The Morgan fingerprint density at radius 1 is 1.33 bits per heavy atom. The van der Waals surface area contributed by atoms with Gasteiger partial charge in [-0.25, -0.2) is 0 Å². The lowest BCUT2D eigenvalue weighted by atomic mass is 9.90. The van der Waals surface area contributed by atoms with Gasteiger partial charge < -0.3 is 10.6 Å². The van der Waals surface area contributed by atoms with E-state index in [1.54, 1.807) is 0 Å². The van der Waals surface area contributed by atoms with Crippen molar-refractivity contribution in [2.75, 3.05) is 6.54 Å². The number of aryl methyl sites for hydroxylation is 1. The van der Waals surface area contributed by atoms with Crippen molar-refractivity contribution in [2.24, 2.45) is 5.73 Å². The zero-order chi connectivity index (χ0) is 15.4. The van der Waals surface area contributed by atoms with E-state index in [0.29, 0.717) is 17.1 Å².